The van der Waals surface area contributed by atoms with Gasteiger partial charge in [0.25, 0.3) is 5.92 Å². The standard InChI is InChI=1S/C27H29F2NO2S2.C6H14N2/c1-19-7-9-20(10-8-19)21-11-13-22(14-12-21)27(28,29)25(17-31)30-34-26-16-15-24(33-26)18-32-23-5-3-2-4-6-23;1-8-4-2-6(7)3-5-8/h7-17,23,25,30H,2-6,18H2,1H3;6H,2-5,7H2,1H3. The monoisotopic (exact) mass is 615 g/mol. The Balaban J connectivity index is 0.000000437. The fourth-order valence-electron chi connectivity index (χ4n) is 5.07. The van der Waals surface area contributed by atoms with E-state index in [1.807, 2.05) is 43.3 Å². The molecule has 3 N–H and O–H groups in total. The molecule has 1 saturated heterocycles. The molecule has 0 bridgehead atoms. The van der Waals surface area contributed by atoms with E-state index < -0.39 is 12.0 Å². The highest BCUT2D eigenvalue weighted by atomic mass is 32.2. The van der Waals surface area contributed by atoms with Crippen molar-refractivity contribution in [2.75, 3.05) is 20.1 Å². The van der Waals surface area contributed by atoms with Crippen LogP contribution in [0.25, 0.3) is 11.1 Å². The van der Waals surface area contributed by atoms with Crippen LogP contribution in [0.3, 0.4) is 0 Å². The Labute approximate surface area is 257 Å². The smallest absolute Gasteiger partial charge is 0.295 e. The zero-order valence-electron chi connectivity index (χ0n) is 24.6. The van der Waals surface area contributed by atoms with Crippen molar-refractivity contribution in [1.82, 2.24) is 9.62 Å². The van der Waals surface area contributed by atoms with Gasteiger partial charge in [-0.2, -0.15) is 8.78 Å². The van der Waals surface area contributed by atoms with Gasteiger partial charge in [-0.25, -0.2) is 4.72 Å². The lowest BCUT2D eigenvalue weighted by molar-refractivity contribution is -0.119. The molecule has 228 valence electrons. The number of alkyl halides is 2. The number of thiophene rings is 1. The van der Waals surface area contributed by atoms with Gasteiger partial charge in [-0.05, 0) is 88.0 Å². The lowest BCUT2D eigenvalue weighted by Gasteiger charge is -2.25. The second-order valence-corrected chi connectivity index (χ2v) is 13.6. The number of aryl methyl sites for hydroxylation is 1. The van der Waals surface area contributed by atoms with Crippen LogP contribution in [0.1, 0.15) is 60.9 Å². The van der Waals surface area contributed by atoms with Crippen molar-refractivity contribution in [2.45, 2.75) is 86.8 Å². The topological polar surface area (TPSA) is 67.6 Å². The molecule has 1 aliphatic carbocycles. The van der Waals surface area contributed by atoms with Crippen molar-refractivity contribution < 1.29 is 18.3 Å². The summed E-state index contributed by atoms with van der Waals surface area (Å²) in [4.78, 5) is 15.0. The van der Waals surface area contributed by atoms with Gasteiger partial charge >= 0.3 is 0 Å². The van der Waals surface area contributed by atoms with Gasteiger partial charge < -0.3 is 20.2 Å². The maximum atomic E-state index is 15.1. The molecule has 5 nitrogen and oxygen atoms in total. The number of piperidine rings is 1. The molecule has 2 aliphatic rings. The maximum absolute atomic E-state index is 15.1. The van der Waals surface area contributed by atoms with Crippen LogP contribution in [0.5, 0.6) is 0 Å². The van der Waals surface area contributed by atoms with E-state index in [0.29, 0.717) is 18.8 Å². The quantitative estimate of drug-likeness (QED) is 0.181. The highest BCUT2D eigenvalue weighted by Crippen LogP contribution is 2.35. The predicted octanol–water partition coefficient (Wildman–Crippen LogP) is 7.57. The molecule has 1 aromatic heterocycles. The summed E-state index contributed by atoms with van der Waals surface area (Å²) in [5, 5.41) is 0. The third kappa shape index (κ3) is 9.69. The molecule has 0 amide bonds. The molecule has 2 heterocycles. The summed E-state index contributed by atoms with van der Waals surface area (Å²) in [6.07, 6.45) is 8.89. The number of rotatable bonds is 10. The van der Waals surface area contributed by atoms with Crippen molar-refractivity contribution in [3.63, 3.8) is 0 Å². The molecule has 5 rings (SSSR count). The zero-order valence-corrected chi connectivity index (χ0v) is 26.2. The van der Waals surface area contributed by atoms with Crippen LogP contribution in [-0.2, 0) is 22.1 Å². The number of nitrogens with two attached hydrogens (primary N) is 1. The van der Waals surface area contributed by atoms with E-state index in [9.17, 15) is 4.79 Å². The molecule has 42 heavy (non-hydrogen) atoms. The van der Waals surface area contributed by atoms with Gasteiger partial charge in [0, 0.05) is 16.5 Å². The van der Waals surface area contributed by atoms with Crippen LogP contribution in [0.15, 0.2) is 64.9 Å². The Morgan fingerprint density at radius 3 is 2.21 bits per heavy atom. The molecule has 0 spiro atoms. The number of likely N-dealkylation sites (tertiary alicyclic amines) is 1. The number of hydrogen-bond donors (Lipinski definition) is 2. The first-order valence-corrected chi connectivity index (χ1v) is 16.5. The van der Waals surface area contributed by atoms with E-state index >= 15 is 8.78 Å². The Morgan fingerprint density at radius 2 is 1.62 bits per heavy atom. The molecule has 3 aromatic rings. The third-order valence-electron chi connectivity index (χ3n) is 7.88. The van der Waals surface area contributed by atoms with Gasteiger partial charge in [-0.15, -0.1) is 11.3 Å². The van der Waals surface area contributed by atoms with Crippen LogP contribution in [0.4, 0.5) is 8.78 Å². The normalized spacial score (nSPS) is 17.8. The summed E-state index contributed by atoms with van der Waals surface area (Å²) >= 11 is 2.56. The number of nitrogens with zero attached hydrogens (tertiary/aromatic N) is 1. The summed E-state index contributed by atoms with van der Waals surface area (Å²) in [5.41, 5.74) is 8.43. The van der Waals surface area contributed by atoms with Crippen LogP contribution in [0, 0.1) is 6.92 Å². The average molecular weight is 616 g/mol. The first-order valence-electron chi connectivity index (χ1n) is 14.8. The largest absolute Gasteiger partial charge is 0.373 e. The Bertz CT molecular complexity index is 1210. The SMILES string of the molecule is CN1CCC(N)CC1.Cc1ccc(-c2ccc(C(F)(F)C(C=O)NSc3ccc(COC4CCCCC4)s3)cc2)cc1. The van der Waals surface area contributed by atoms with Crippen LogP contribution in [-0.4, -0.2) is 49.5 Å². The molecule has 9 heteroatoms. The highest BCUT2D eigenvalue weighted by Gasteiger charge is 2.41. The van der Waals surface area contributed by atoms with Crippen molar-refractivity contribution >= 4 is 29.6 Å². The summed E-state index contributed by atoms with van der Waals surface area (Å²) in [6, 6.07) is 16.7. The van der Waals surface area contributed by atoms with E-state index in [4.69, 9.17) is 10.5 Å². The van der Waals surface area contributed by atoms with E-state index in [1.54, 1.807) is 12.1 Å². The van der Waals surface area contributed by atoms with Gasteiger partial charge in [0.05, 0.1) is 16.9 Å². The minimum absolute atomic E-state index is 0.193. The average Bonchev–Trinajstić information content (AvgIpc) is 3.47. The number of halogens is 2. The predicted molar refractivity (Wildman–Crippen MR) is 170 cm³/mol. The summed E-state index contributed by atoms with van der Waals surface area (Å²) < 4.78 is 39.7. The summed E-state index contributed by atoms with van der Waals surface area (Å²) in [5.74, 6) is -3.34. The number of hydrogen-bond acceptors (Lipinski definition) is 7. The zero-order chi connectivity index (χ0) is 30.0. The van der Waals surface area contributed by atoms with Crippen molar-refractivity contribution in [3.8, 4) is 11.1 Å². The lowest BCUT2D eigenvalue weighted by atomic mass is 9.98. The molecule has 1 atom stereocenters. The number of benzene rings is 2. The van der Waals surface area contributed by atoms with Gasteiger partial charge in [-0.1, -0.05) is 73.4 Å². The second kappa shape index (κ2) is 16.1. The molecular weight excluding hydrogens is 573 g/mol. The molecule has 1 saturated carbocycles. The number of carbonyl (C=O) groups excluding carboxylic acids is 1. The second-order valence-electron chi connectivity index (χ2n) is 11.3. The molecule has 2 aromatic carbocycles. The van der Waals surface area contributed by atoms with Crippen LogP contribution in [0.2, 0.25) is 0 Å². The van der Waals surface area contributed by atoms with Gasteiger partial charge in [0.1, 0.15) is 12.3 Å². The molecule has 1 aliphatic heterocycles. The Morgan fingerprint density at radius 1 is 1.00 bits per heavy atom. The summed E-state index contributed by atoms with van der Waals surface area (Å²) in [7, 11) is 2.14. The first kappa shape index (κ1) is 32.8. The van der Waals surface area contributed by atoms with E-state index in [-0.39, 0.29) is 11.8 Å². The maximum Gasteiger partial charge on any atom is 0.295 e. The van der Waals surface area contributed by atoms with Gasteiger partial charge in [0.15, 0.2) is 0 Å². The summed E-state index contributed by atoms with van der Waals surface area (Å²) in [6.45, 7) is 4.90. The molecule has 1 unspecified atom stereocenters. The third-order valence-corrected chi connectivity index (χ3v) is 9.94. The van der Waals surface area contributed by atoms with Gasteiger partial charge in [-0.3, -0.25) is 0 Å². The first-order chi connectivity index (χ1) is 20.2. The Hall–Kier alpha value is -2.14. The fourth-order valence-corrected chi connectivity index (χ4v) is 6.94. The van der Waals surface area contributed by atoms with Crippen LogP contribution >= 0.6 is 23.3 Å². The molecule has 0 radical (unpaired) electrons. The van der Waals surface area contributed by atoms with Crippen molar-refractivity contribution in [3.05, 3.63) is 76.7 Å². The lowest BCUT2D eigenvalue weighted by Crippen LogP contribution is -2.41. The minimum atomic E-state index is -3.34. The fraction of sp³-hybridized carbons (Fsp3) is 0.485. The number of aldehydes is 1. The van der Waals surface area contributed by atoms with E-state index in [1.165, 1.54) is 68.7 Å². The van der Waals surface area contributed by atoms with E-state index in [0.717, 1.165) is 50.6 Å². The number of carbonyl (C=O) groups is 1. The number of nitrogens with one attached hydrogen (secondary N) is 1. The Kier molecular flexibility index (Phi) is 12.5. The molecular formula is C33H43F2N3O2S2. The minimum Gasteiger partial charge on any atom is -0.373 e. The number of ether oxygens (including phenoxy) is 1. The van der Waals surface area contributed by atoms with Crippen LogP contribution < -0.4 is 10.5 Å². The van der Waals surface area contributed by atoms with Gasteiger partial charge in [0.2, 0.25) is 0 Å². The van der Waals surface area contributed by atoms with Crippen molar-refractivity contribution in [1.29, 1.82) is 0 Å². The molecule has 2 fully saturated rings. The van der Waals surface area contributed by atoms with E-state index in [2.05, 4.69) is 16.7 Å². The highest BCUT2D eigenvalue weighted by molar-refractivity contribution is 7.99. The van der Waals surface area contributed by atoms with Crippen molar-refractivity contribution in [2.24, 2.45) is 5.73 Å².